The van der Waals surface area contributed by atoms with Crippen LogP contribution in [0.2, 0.25) is 0 Å². The van der Waals surface area contributed by atoms with Crippen molar-refractivity contribution in [3.05, 3.63) is 74.8 Å². The number of carbonyl (C=O) groups excluding carboxylic acids is 2. The average molecular weight is 354 g/mol. The number of thiophene rings is 1. The first-order valence-electron chi connectivity index (χ1n) is 7.35. The fourth-order valence-electron chi connectivity index (χ4n) is 2.35. The summed E-state index contributed by atoms with van der Waals surface area (Å²) in [6, 6.07) is 10.4. The Kier molecular flexibility index (Phi) is 4.76. The monoisotopic (exact) mass is 354 g/mol. The molecule has 2 heterocycles. The Labute approximate surface area is 146 Å². The maximum absolute atomic E-state index is 12.5. The number of fused-ring (bicyclic) bond motifs is 1. The van der Waals surface area contributed by atoms with Gasteiger partial charge < -0.3 is 4.74 Å². The van der Waals surface area contributed by atoms with Crippen LogP contribution in [0.25, 0.3) is 16.8 Å². The predicted molar refractivity (Wildman–Crippen MR) is 97.3 cm³/mol. The normalized spacial score (nSPS) is 10.9. The van der Waals surface area contributed by atoms with Crippen LogP contribution in [0.5, 0.6) is 0 Å². The van der Waals surface area contributed by atoms with Crippen LogP contribution in [0.1, 0.15) is 15.2 Å². The fraction of sp³-hybridized carbons (Fsp3) is 0.0556. The highest BCUT2D eigenvalue weighted by atomic mass is 32.1. The number of rotatable bonds is 4. The summed E-state index contributed by atoms with van der Waals surface area (Å²) in [6.45, 7) is 0. The molecule has 0 unspecified atom stereocenters. The highest BCUT2D eigenvalue weighted by Gasteiger charge is 2.15. The smallest absolute Gasteiger partial charge is 0.340 e. The number of aromatic nitrogens is 1. The van der Waals surface area contributed by atoms with Crippen LogP contribution < -0.4 is 11.0 Å². The number of hydrogen-bond donors (Lipinski definition) is 1. The van der Waals surface area contributed by atoms with Crippen LogP contribution in [0.4, 0.5) is 0 Å². The molecule has 1 aromatic carbocycles. The summed E-state index contributed by atoms with van der Waals surface area (Å²) in [6.07, 6.45) is 4.24. The van der Waals surface area contributed by atoms with E-state index < -0.39 is 17.4 Å². The van der Waals surface area contributed by atoms with E-state index in [0.29, 0.717) is 10.8 Å². The number of nitrogens with zero attached hydrogens (tertiary/aromatic N) is 1. The van der Waals surface area contributed by atoms with Crippen LogP contribution >= 0.6 is 11.3 Å². The first-order valence-corrected chi connectivity index (χ1v) is 8.23. The zero-order chi connectivity index (χ0) is 17.8. The molecule has 0 aliphatic rings. The molecule has 0 atom stereocenters. The van der Waals surface area contributed by atoms with Crippen LogP contribution in [-0.4, -0.2) is 23.7 Å². The largest absolute Gasteiger partial charge is 0.465 e. The molecular weight excluding hydrogens is 340 g/mol. The maximum Gasteiger partial charge on any atom is 0.340 e. The Balaban J connectivity index is 1.98. The van der Waals surface area contributed by atoms with Crippen LogP contribution in [0, 0.1) is 0 Å². The highest BCUT2D eigenvalue weighted by Crippen LogP contribution is 2.16. The molecule has 7 heteroatoms. The molecule has 0 radical (unpaired) electrons. The van der Waals surface area contributed by atoms with E-state index in [1.807, 2.05) is 17.5 Å². The number of ether oxygens (including phenoxy) is 1. The Morgan fingerprint density at radius 3 is 2.60 bits per heavy atom. The van der Waals surface area contributed by atoms with Crippen molar-refractivity contribution in [1.29, 1.82) is 0 Å². The highest BCUT2D eigenvalue weighted by molar-refractivity contribution is 7.10. The van der Waals surface area contributed by atoms with Gasteiger partial charge in [0.05, 0.1) is 12.7 Å². The van der Waals surface area contributed by atoms with E-state index in [1.54, 1.807) is 30.3 Å². The molecule has 0 spiro atoms. The molecule has 0 aliphatic carbocycles. The van der Waals surface area contributed by atoms with E-state index in [2.05, 4.69) is 5.43 Å². The Bertz CT molecular complexity index is 1020. The number of benzene rings is 1. The minimum absolute atomic E-state index is 0.195. The van der Waals surface area contributed by atoms with Gasteiger partial charge in [-0.1, -0.05) is 24.3 Å². The third-order valence-corrected chi connectivity index (χ3v) is 4.34. The van der Waals surface area contributed by atoms with Gasteiger partial charge in [0, 0.05) is 27.9 Å². The molecule has 0 fully saturated rings. The third-order valence-electron chi connectivity index (χ3n) is 3.50. The van der Waals surface area contributed by atoms with E-state index in [9.17, 15) is 14.4 Å². The summed E-state index contributed by atoms with van der Waals surface area (Å²) in [5.41, 5.74) is 2.22. The molecule has 1 amide bonds. The molecule has 25 heavy (non-hydrogen) atoms. The van der Waals surface area contributed by atoms with E-state index in [4.69, 9.17) is 4.74 Å². The zero-order valence-electron chi connectivity index (χ0n) is 13.3. The van der Waals surface area contributed by atoms with Gasteiger partial charge in [-0.05, 0) is 23.6 Å². The lowest BCUT2D eigenvalue weighted by molar-refractivity contribution is -0.112. The van der Waals surface area contributed by atoms with Gasteiger partial charge in [0.15, 0.2) is 0 Å². The minimum Gasteiger partial charge on any atom is -0.465 e. The van der Waals surface area contributed by atoms with Crippen LogP contribution in [0.15, 0.2) is 58.8 Å². The summed E-state index contributed by atoms with van der Waals surface area (Å²) >= 11 is 1.49. The number of esters is 1. The van der Waals surface area contributed by atoms with Crippen molar-refractivity contribution in [3.63, 3.8) is 0 Å². The third kappa shape index (κ3) is 3.51. The lowest BCUT2D eigenvalue weighted by Gasteiger charge is -2.11. The molecule has 0 saturated heterocycles. The van der Waals surface area contributed by atoms with Gasteiger partial charge in [-0.15, -0.1) is 11.3 Å². The lowest BCUT2D eigenvalue weighted by Crippen LogP contribution is -2.33. The topological polar surface area (TPSA) is 77.4 Å². The van der Waals surface area contributed by atoms with Crippen molar-refractivity contribution >= 4 is 40.1 Å². The molecule has 0 saturated carbocycles. The second-order valence-electron chi connectivity index (χ2n) is 5.08. The second kappa shape index (κ2) is 7.14. The lowest BCUT2D eigenvalue weighted by atomic mass is 10.1. The standard InChI is InChI=1S/C18H14N2O4S/c1-24-18(23)15-11-20(17(22)14-7-3-2-6-13(14)15)19-16(21)9-8-12-5-4-10-25-12/h2-11H,1H3,(H,19,21)/b9-8+. The Morgan fingerprint density at radius 1 is 1.16 bits per heavy atom. The fourth-order valence-corrected chi connectivity index (χ4v) is 2.97. The van der Waals surface area contributed by atoms with E-state index in [-0.39, 0.29) is 5.56 Å². The second-order valence-corrected chi connectivity index (χ2v) is 6.06. The average Bonchev–Trinajstić information content (AvgIpc) is 3.15. The van der Waals surface area contributed by atoms with Gasteiger partial charge in [0.2, 0.25) is 0 Å². The van der Waals surface area contributed by atoms with Gasteiger partial charge in [-0.2, -0.15) is 0 Å². The summed E-state index contributed by atoms with van der Waals surface area (Å²) in [7, 11) is 1.26. The molecule has 126 valence electrons. The van der Waals surface area contributed by atoms with Crippen molar-refractivity contribution in [2.24, 2.45) is 0 Å². The van der Waals surface area contributed by atoms with Gasteiger partial charge in [0.1, 0.15) is 0 Å². The number of methoxy groups -OCH3 is 1. The first-order chi connectivity index (χ1) is 12.1. The first kappa shape index (κ1) is 16.7. The summed E-state index contributed by atoms with van der Waals surface area (Å²) < 4.78 is 5.76. The SMILES string of the molecule is COC(=O)c1cn(NC(=O)/C=C/c2cccs2)c(=O)c2ccccc12. The van der Waals surface area contributed by atoms with Crippen LogP contribution in [-0.2, 0) is 9.53 Å². The molecule has 3 rings (SSSR count). The van der Waals surface area contributed by atoms with Gasteiger partial charge in [-0.3, -0.25) is 15.0 Å². The molecule has 6 nitrogen and oxygen atoms in total. The molecule has 0 aliphatic heterocycles. The summed E-state index contributed by atoms with van der Waals surface area (Å²) in [4.78, 5) is 37.5. The van der Waals surface area contributed by atoms with E-state index in [0.717, 1.165) is 9.55 Å². The maximum atomic E-state index is 12.5. The molecule has 1 N–H and O–H groups in total. The Morgan fingerprint density at radius 2 is 1.92 bits per heavy atom. The Hall–Kier alpha value is -3.19. The van der Waals surface area contributed by atoms with Crippen molar-refractivity contribution in [3.8, 4) is 0 Å². The van der Waals surface area contributed by atoms with E-state index >= 15 is 0 Å². The van der Waals surface area contributed by atoms with Crippen molar-refractivity contribution in [2.75, 3.05) is 12.5 Å². The van der Waals surface area contributed by atoms with Crippen molar-refractivity contribution in [2.45, 2.75) is 0 Å². The van der Waals surface area contributed by atoms with Gasteiger partial charge in [-0.25, -0.2) is 9.47 Å². The molecule has 0 bridgehead atoms. The zero-order valence-corrected chi connectivity index (χ0v) is 14.1. The molecule has 3 aromatic rings. The summed E-state index contributed by atoms with van der Waals surface area (Å²) in [5, 5.41) is 2.68. The number of nitrogens with one attached hydrogen (secondary N) is 1. The minimum atomic E-state index is -0.590. The number of carbonyl (C=O) groups is 2. The number of pyridine rings is 1. The van der Waals surface area contributed by atoms with Crippen molar-refractivity contribution < 1.29 is 14.3 Å². The number of hydrogen-bond acceptors (Lipinski definition) is 5. The predicted octanol–water partition coefficient (Wildman–Crippen LogP) is 2.63. The quantitative estimate of drug-likeness (QED) is 0.577. The van der Waals surface area contributed by atoms with Crippen LogP contribution in [0.3, 0.4) is 0 Å². The van der Waals surface area contributed by atoms with Gasteiger partial charge >= 0.3 is 5.97 Å². The molecule has 2 aromatic heterocycles. The van der Waals surface area contributed by atoms with Gasteiger partial charge in [0.25, 0.3) is 11.5 Å². The van der Waals surface area contributed by atoms with E-state index in [1.165, 1.54) is 30.7 Å². The summed E-state index contributed by atoms with van der Waals surface area (Å²) in [5.74, 6) is -1.07. The molecular formula is C18H14N2O4S. The van der Waals surface area contributed by atoms with Crippen molar-refractivity contribution in [1.82, 2.24) is 4.68 Å². The number of amides is 1.